The van der Waals surface area contributed by atoms with Crippen molar-refractivity contribution in [3.63, 3.8) is 0 Å². The molecule has 0 atom stereocenters. The lowest BCUT2D eigenvalue weighted by Gasteiger charge is -2.12. The topological polar surface area (TPSA) is 48.5 Å². The van der Waals surface area contributed by atoms with Gasteiger partial charge < -0.3 is 9.13 Å². The molecule has 3 aromatic carbocycles. The number of hydrogen-bond acceptors (Lipinski definition) is 3. The van der Waals surface area contributed by atoms with Gasteiger partial charge in [0.1, 0.15) is 0 Å². The molecule has 0 amide bonds. The maximum absolute atomic E-state index is 5.01. The van der Waals surface area contributed by atoms with Crippen LogP contribution in [0.4, 0.5) is 0 Å². The number of rotatable bonds is 3. The molecule has 5 nitrogen and oxygen atoms in total. The molecule has 0 aliphatic rings. The first kappa shape index (κ1) is 20.9. The van der Waals surface area contributed by atoms with E-state index in [9.17, 15) is 0 Å². The standard InChI is InChI=1S/C33H21N5/c1-3-10-22(11-4-1)27-18-17-24(20-35-27)38-28-15-8-7-14-25(28)31-33(38)32-26(21-36-31)30-29(16-9-19-34-30)37(32)23-12-5-2-6-13-23/h1-21H. The minimum absolute atomic E-state index is 0.940. The van der Waals surface area contributed by atoms with Crippen LogP contribution in [-0.4, -0.2) is 24.1 Å². The molecular formula is C33H21N5. The molecule has 5 heterocycles. The van der Waals surface area contributed by atoms with E-state index in [0.29, 0.717) is 0 Å². The van der Waals surface area contributed by atoms with Gasteiger partial charge in [-0.15, -0.1) is 0 Å². The first-order chi connectivity index (χ1) is 18.9. The fourth-order valence-electron chi connectivity index (χ4n) is 5.61. The summed E-state index contributed by atoms with van der Waals surface area (Å²) in [6, 6.07) is 37.6. The lowest BCUT2D eigenvalue weighted by molar-refractivity contribution is 1.12. The van der Waals surface area contributed by atoms with Gasteiger partial charge in [-0.05, 0) is 42.5 Å². The van der Waals surface area contributed by atoms with Crippen molar-refractivity contribution in [1.82, 2.24) is 24.1 Å². The minimum Gasteiger partial charge on any atom is -0.305 e. The predicted molar refractivity (Wildman–Crippen MR) is 154 cm³/mol. The third kappa shape index (κ3) is 2.96. The first-order valence-corrected chi connectivity index (χ1v) is 12.6. The Kier molecular flexibility index (Phi) is 4.45. The molecule has 0 aliphatic carbocycles. The highest BCUT2D eigenvalue weighted by Crippen LogP contribution is 2.39. The van der Waals surface area contributed by atoms with E-state index >= 15 is 0 Å². The monoisotopic (exact) mass is 487 g/mol. The van der Waals surface area contributed by atoms with Crippen molar-refractivity contribution in [3.8, 4) is 22.6 Å². The molecule has 0 unspecified atom stereocenters. The molecule has 8 aromatic rings. The average Bonchev–Trinajstić information content (AvgIpc) is 3.51. The number of benzene rings is 3. The number of pyridine rings is 3. The quantitative estimate of drug-likeness (QED) is 0.256. The van der Waals surface area contributed by atoms with Crippen LogP contribution in [0.15, 0.2) is 128 Å². The number of aromatic nitrogens is 5. The van der Waals surface area contributed by atoms with Crippen LogP contribution in [0.3, 0.4) is 0 Å². The maximum atomic E-state index is 5.01. The summed E-state index contributed by atoms with van der Waals surface area (Å²) >= 11 is 0. The van der Waals surface area contributed by atoms with Gasteiger partial charge in [-0.2, -0.15) is 0 Å². The Bertz CT molecular complexity index is 2110. The van der Waals surface area contributed by atoms with Crippen LogP contribution in [0.25, 0.3) is 66.5 Å². The van der Waals surface area contributed by atoms with E-state index in [1.807, 2.05) is 48.9 Å². The summed E-state index contributed by atoms with van der Waals surface area (Å²) in [6.07, 6.45) is 5.78. The van der Waals surface area contributed by atoms with E-state index in [-0.39, 0.29) is 0 Å². The number of nitrogens with zero attached hydrogens (tertiary/aromatic N) is 5. The summed E-state index contributed by atoms with van der Waals surface area (Å²) in [7, 11) is 0. The molecule has 0 aliphatic heterocycles. The van der Waals surface area contributed by atoms with Gasteiger partial charge in [0.2, 0.25) is 0 Å². The average molecular weight is 488 g/mol. The fraction of sp³-hybridized carbons (Fsp3) is 0. The Labute approximate surface area is 218 Å². The van der Waals surface area contributed by atoms with Crippen LogP contribution in [0.5, 0.6) is 0 Å². The highest BCUT2D eigenvalue weighted by atomic mass is 15.1. The Morgan fingerprint density at radius 1 is 0.447 bits per heavy atom. The van der Waals surface area contributed by atoms with Crippen LogP contribution in [0.1, 0.15) is 0 Å². The van der Waals surface area contributed by atoms with Gasteiger partial charge in [0.05, 0.1) is 50.7 Å². The largest absolute Gasteiger partial charge is 0.305 e. The molecule has 5 heteroatoms. The summed E-state index contributed by atoms with van der Waals surface area (Å²) in [5.41, 5.74) is 10.3. The van der Waals surface area contributed by atoms with Crippen molar-refractivity contribution in [1.29, 1.82) is 0 Å². The van der Waals surface area contributed by atoms with Gasteiger partial charge in [-0.3, -0.25) is 15.0 Å². The molecule has 8 rings (SSSR count). The van der Waals surface area contributed by atoms with E-state index in [4.69, 9.17) is 15.0 Å². The van der Waals surface area contributed by atoms with E-state index < -0.39 is 0 Å². The number of para-hydroxylation sites is 2. The predicted octanol–water partition coefficient (Wildman–Crippen LogP) is 7.73. The van der Waals surface area contributed by atoms with Crippen LogP contribution in [-0.2, 0) is 0 Å². The third-order valence-corrected chi connectivity index (χ3v) is 7.25. The second-order valence-corrected chi connectivity index (χ2v) is 9.38. The second-order valence-electron chi connectivity index (χ2n) is 9.38. The van der Waals surface area contributed by atoms with Crippen LogP contribution < -0.4 is 0 Å². The molecule has 0 radical (unpaired) electrons. The SMILES string of the molecule is c1ccc(-c2ccc(-n3c4ccccc4c4ncc5c6ncccc6n(-c6ccccc6)c5c43)cn2)cc1. The zero-order chi connectivity index (χ0) is 25.1. The smallest absolute Gasteiger partial charge is 0.0985 e. The Morgan fingerprint density at radius 2 is 1.18 bits per heavy atom. The highest BCUT2D eigenvalue weighted by Gasteiger charge is 2.22. The summed E-state index contributed by atoms with van der Waals surface area (Å²) in [5, 5.41) is 2.13. The zero-order valence-corrected chi connectivity index (χ0v) is 20.4. The number of fused-ring (bicyclic) bond motifs is 7. The van der Waals surface area contributed by atoms with Gasteiger partial charge in [0.15, 0.2) is 0 Å². The van der Waals surface area contributed by atoms with Gasteiger partial charge in [0, 0.05) is 34.4 Å². The van der Waals surface area contributed by atoms with Gasteiger partial charge >= 0.3 is 0 Å². The van der Waals surface area contributed by atoms with Crippen molar-refractivity contribution in [3.05, 3.63) is 128 Å². The summed E-state index contributed by atoms with van der Waals surface area (Å²) in [6.45, 7) is 0. The fourth-order valence-corrected chi connectivity index (χ4v) is 5.61. The first-order valence-electron chi connectivity index (χ1n) is 12.6. The summed E-state index contributed by atoms with van der Waals surface area (Å²) < 4.78 is 4.60. The lowest BCUT2D eigenvalue weighted by atomic mass is 10.1. The van der Waals surface area contributed by atoms with Crippen LogP contribution >= 0.6 is 0 Å². The second kappa shape index (κ2) is 8.11. The van der Waals surface area contributed by atoms with E-state index in [1.54, 1.807) is 0 Å². The van der Waals surface area contributed by atoms with Crippen LogP contribution in [0, 0.1) is 0 Å². The Morgan fingerprint density at radius 3 is 2.00 bits per heavy atom. The van der Waals surface area contributed by atoms with Crippen molar-refractivity contribution >= 4 is 43.9 Å². The summed E-state index contributed by atoms with van der Waals surface area (Å²) in [4.78, 5) is 14.7. The minimum atomic E-state index is 0.940. The van der Waals surface area contributed by atoms with E-state index in [1.165, 1.54) is 0 Å². The third-order valence-electron chi connectivity index (χ3n) is 7.25. The highest BCUT2D eigenvalue weighted by molar-refractivity contribution is 6.21. The van der Waals surface area contributed by atoms with Crippen molar-refractivity contribution in [2.75, 3.05) is 0 Å². The maximum Gasteiger partial charge on any atom is 0.0985 e. The van der Waals surface area contributed by atoms with Crippen molar-refractivity contribution in [2.24, 2.45) is 0 Å². The van der Waals surface area contributed by atoms with Crippen molar-refractivity contribution < 1.29 is 0 Å². The molecule has 0 N–H and O–H groups in total. The summed E-state index contributed by atoms with van der Waals surface area (Å²) in [5.74, 6) is 0. The van der Waals surface area contributed by atoms with Gasteiger partial charge in [0.25, 0.3) is 0 Å². The molecular weight excluding hydrogens is 466 g/mol. The molecule has 0 spiro atoms. The van der Waals surface area contributed by atoms with E-state index in [2.05, 4.69) is 88.0 Å². The van der Waals surface area contributed by atoms with Crippen molar-refractivity contribution in [2.45, 2.75) is 0 Å². The van der Waals surface area contributed by atoms with Crippen LogP contribution in [0.2, 0.25) is 0 Å². The molecule has 178 valence electrons. The Balaban J connectivity index is 1.52. The zero-order valence-electron chi connectivity index (χ0n) is 20.4. The van der Waals surface area contributed by atoms with Gasteiger partial charge in [-0.1, -0.05) is 66.7 Å². The molecule has 5 aromatic heterocycles. The lowest BCUT2D eigenvalue weighted by Crippen LogP contribution is -1.99. The molecule has 0 saturated carbocycles. The van der Waals surface area contributed by atoms with Gasteiger partial charge in [-0.25, -0.2) is 0 Å². The number of hydrogen-bond donors (Lipinski definition) is 0. The normalized spacial score (nSPS) is 11.7. The Hall–Kier alpha value is -5.29. The molecule has 0 bridgehead atoms. The molecule has 0 saturated heterocycles. The van der Waals surface area contributed by atoms with E-state index in [0.717, 1.165) is 66.5 Å². The molecule has 0 fully saturated rings. The molecule has 38 heavy (non-hydrogen) atoms.